The number of nitrogens with two attached hydrogens (primary N) is 1. The maximum absolute atomic E-state index is 12.7. The molecule has 2 aromatic rings. The van der Waals surface area contributed by atoms with Crippen molar-refractivity contribution in [2.45, 2.75) is 30.6 Å². The number of benzene rings is 2. The Hall–Kier alpha value is -2.94. The molecular weight excluding hydrogens is 394 g/mol. The summed E-state index contributed by atoms with van der Waals surface area (Å²) in [5.41, 5.74) is 1.78. The lowest BCUT2D eigenvalue weighted by Gasteiger charge is -2.31. The fourth-order valence-electron chi connectivity index (χ4n) is 3.58. The number of nitrogens with zero attached hydrogens (tertiary/aromatic N) is 2. The number of phenols is 1. The molecule has 0 radical (unpaired) electrons. The molecule has 1 aliphatic heterocycles. The second-order valence-electron chi connectivity index (χ2n) is 7.00. The zero-order valence-electron chi connectivity index (χ0n) is 16.4. The van der Waals surface area contributed by atoms with Gasteiger partial charge < -0.3 is 24.8 Å². The van der Waals surface area contributed by atoms with Gasteiger partial charge in [-0.1, -0.05) is 12.1 Å². The summed E-state index contributed by atoms with van der Waals surface area (Å²) >= 11 is 0. The molecule has 0 aromatic heterocycles. The summed E-state index contributed by atoms with van der Waals surface area (Å²) in [4.78, 5) is 1.92. The molecule has 1 heterocycles. The molecule has 1 aliphatic rings. The molecule has 0 spiro atoms. The molecule has 8 nitrogen and oxygen atoms in total. The highest BCUT2D eigenvalue weighted by molar-refractivity contribution is 7.87. The predicted octanol–water partition coefficient (Wildman–Crippen LogP) is 2.56. The van der Waals surface area contributed by atoms with Crippen molar-refractivity contribution in [2.24, 2.45) is 10.9 Å². The quantitative estimate of drug-likeness (QED) is 0.243. The van der Waals surface area contributed by atoms with Gasteiger partial charge in [-0.25, -0.2) is 0 Å². The first-order valence-corrected chi connectivity index (χ1v) is 10.6. The first-order valence-electron chi connectivity index (χ1n) is 9.23. The van der Waals surface area contributed by atoms with Crippen LogP contribution in [0.4, 0.5) is 0 Å². The van der Waals surface area contributed by atoms with Gasteiger partial charge in [0.1, 0.15) is 17.0 Å². The third kappa shape index (κ3) is 4.73. The van der Waals surface area contributed by atoms with Gasteiger partial charge >= 0.3 is 10.1 Å². The topological polar surface area (TPSA) is 114 Å². The van der Waals surface area contributed by atoms with Crippen LogP contribution in [0.3, 0.4) is 0 Å². The SMILES string of the molecule is COc1c(OS(=O)(=O)c2cccc(O)c2)cc(C)cc1C1CCN(C=NN)CC1. The van der Waals surface area contributed by atoms with Gasteiger partial charge in [0.2, 0.25) is 0 Å². The van der Waals surface area contributed by atoms with Crippen LogP contribution < -0.4 is 14.8 Å². The Morgan fingerprint density at radius 2 is 1.97 bits per heavy atom. The number of aromatic hydroxyl groups is 1. The van der Waals surface area contributed by atoms with Crippen molar-refractivity contribution >= 4 is 16.5 Å². The lowest BCUT2D eigenvalue weighted by Crippen LogP contribution is -2.32. The third-order valence-corrected chi connectivity index (χ3v) is 6.17. The van der Waals surface area contributed by atoms with Crippen LogP contribution in [0.25, 0.3) is 0 Å². The highest BCUT2D eigenvalue weighted by atomic mass is 32.2. The molecule has 1 saturated heterocycles. The van der Waals surface area contributed by atoms with Crippen molar-refractivity contribution in [1.29, 1.82) is 0 Å². The zero-order valence-corrected chi connectivity index (χ0v) is 17.2. The van der Waals surface area contributed by atoms with E-state index in [0.29, 0.717) is 5.75 Å². The van der Waals surface area contributed by atoms with Gasteiger partial charge in [-0.3, -0.25) is 0 Å². The van der Waals surface area contributed by atoms with Gasteiger partial charge in [-0.05, 0) is 49.4 Å². The van der Waals surface area contributed by atoms with E-state index in [9.17, 15) is 13.5 Å². The van der Waals surface area contributed by atoms with Crippen molar-refractivity contribution in [1.82, 2.24) is 4.90 Å². The number of phenolic OH excluding ortho intramolecular Hbond substituents is 1. The minimum atomic E-state index is -4.13. The van der Waals surface area contributed by atoms with E-state index in [1.54, 1.807) is 12.4 Å². The predicted molar refractivity (Wildman–Crippen MR) is 110 cm³/mol. The van der Waals surface area contributed by atoms with Crippen molar-refractivity contribution in [3.8, 4) is 17.2 Å². The first-order chi connectivity index (χ1) is 13.8. The molecule has 3 N–H and O–H groups in total. The van der Waals surface area contributed by atoms with E-state index in [4.69, 9.17) is 14.8 Å². The van der Waals surface area contributed by atoms with Gasteiger partial charge in [-0.2, -0.15) is 13.5 Å². The molecule has 3 rings (SSSR count). The van der Waals surface area contributed by atoms with Gasteiger partial charge in [0.05, 0.1) is 7.11 Å². The maximum Gasteiger partial charge on any atom is 0.339 e. The molecule has 2 aromatic carbocycles. The zero-order chi connectivity index (χ0) is 21.0. The number of methoxy groups -OCH3 is 1. The largest absolute Gasteiger partial charge is 0.508 e. The summed E-state index contributed by atoms with van der Waals surface area (Å²) in [6.45, 7) is 3.47. The molecule has 0 amide bonds. The maximum atomic E-state index is 12.7. The molecule has 0 aliphatic carbocycles. The van der Waals surface area contributed by atoms with E-state index in [1.165, 1.54) is 25.3 Å². The van der Waals surface area contributed by atoms with Crippen LogP contribution in [0.2, 0.25) is 0 Å². The number of rotatable bonds is 6. The van der Waals surface area contributed by atoms with E-state index in [0.717, 1.165) is 43.1 Å². The molecule has 29 heavy (non-hydrogen) atoms. The number of likely N-dealkylation sites (tertiary alicyclic amines) is 1. The van der Waals surface area contributed by atoms with E-state index >= 15 is 0 Å². The molecule has 0 saturated carbocycles. The van der Waals surface area contributed by atoms with Gasteiger partial charge in [0, 0.05) is 24.7 Å². The first kappa shape index (κ1) is 20.8. The summed E-state index contributed by atoms with van der Waals surface area (Å²) in [7, 11) is -2.63. The standard InChI is InChI=1S/C20H25N3O5S/c1-14-10-18(15-6-8-23(9-7-15)13-22-21)20(27-2)19(11-14)28-29(25,26)17-5-3-4-16(24)12-17/h3-5,10-13,15,24H,6-9,21H2,1-2H3. The molecule has 1 fully saturated rings. The Morgan fingerprint density at radius 3 is 2.59 bits per heavy atom. The lowest BCUT2D eigenvalue weighted by atomic mass is 9.88. The minimum absolute atomic E-state index is 0.128. The van der Waals surface area contributed by atoms with E-state index in [-0.39, 0.29) is 22.3 Å². The molecule has 0 atom stereocenters. The van der Waals surface area contributed by atoms with Crippen LogP contribution in [0, 0.1) is 6.92 Å². The summed E-state index contributed by atoms with van der Waals surface area (Å²) in [5, 5.41) is 13.2. The van der Waals surface area contributed by atoms with Crippen molar-refractivity contribution < 1.29 is 22.4 Å². The Bertz CT molecular complexity index is 999. The summed E-state index contributed by atoms with van der Waals surface area (Å²) in [5.74, 6) is 5.81. The second-order valence-corrected chi connectivity index (χ2v) is 8.54. The second kappa shape index (κ2) is 8.60. The van der Waals surface area contributed by atoms with Crippen molar-refractivity contribution in [2.75, 3.05) is 20.2 Å². The number of aryl methyl sites for hydroxylation is 1. The number of hydrogen-bond donors (Lipinski definition) is 2. The average molecular weight is 420 g/mol. The average Bonchev–Trinajstić information content (AvgIpc) is 2.68. The number of hydrazone groups is 1. The normalized spacial score (nSPS) is 15.6. The van der Waals surface area contributed by atoms with Crippen molar-refractivity contribution in [3.63, 3.8) is 0 Å². The van der Waals surface area contributed by atoms with Crippen LogP contribution in [0.1, 0.15) is 29.9 Å². The van der Waals surface area contributed by atoms with Crippen LogP contribution in [-0.2, 0) is 10.1 Å². The van der Waals surface area contributed by atoms with Crippen LogP contribution in [0.15, 0.2) is 46.4 Å². The molecule has 156 valence electrons. The van der Waals surface area contributed by atoms with E-state index in [2.05, 4.69) is 5.10 Å². The van der Waals surface area contributed by atoms with Gasteiger partial charge in [-0.15, -0.1) is 0 Å². The fourth-order valence-corrected chi connectivity index (χ4v) is 4.54. The van der Waals surface area contributed by atoms with Crippen LogP contribution in [-0.4, -0.2) is 45.0 Å². The molecule has 0 unspecified atom stereocenters. The Morgan fingerprint density at radius 1 is 1.24 bits per heavy atom. The third-order valence-electron chi connectivity index (χ3n) is 4.94. The van der Waals surface area contributed by atoms with Crippen molar-refractivity contribution in [3.05, 3.63) is 47.5 Å². The monoisotopic (exact) mass is 419 g/mol. The summed E-state index contributed by atoms with van der Waals surface area (Å²) in [6, 6.07) is 9.00. The Kier molecular flexibility index (Phi) is 6.17. The number of hydrogen-bond acceptors (Lipinski definition) is 7. The fraction of sp³-hybridized carbons (Fsp3) is 0.350. The van der Waals surface area contributed by atoms with Gasteiger partial charge in [0.15, 0.2) is 11.5 Å². The number of piperidine rings is 1. The minimum Gasteiger partial charge on any atom is -0.508 e. The summed E-state index contributed by atoms with van der Waals surface area (Å²) < 4.78 is 36.4. The van der Waals surface area contributed by atoms with Crippen LogP contribution in [0.5, 0.6) is 17.2 Å². The highest BCUT2D eigenvalue weighted by Gasteiger charge is 2.27. The van der Waals surface area contributed by atoms with Gasteiger partial charge in [0.25, 0.3) is 0 Å². The highest BCUT2D eigenvalue weighted by Crippen LogP contribution is 2.41. The Balaban J connectivity index is 1.92. The summed E-state index contributed by atoms with van der Waals surface area (Å²) in [6.07, 6.45) is 3.33. The van der Waals surface area contributed by atoms with E-state index in [1.807, 2.05) is 17.9 Å². The number of ether oxygens (including phenoxy) is 1. The smallest absolute Gasteiger partial charge is 0.339 e. The Labute approximate surface area is 170 Å². The lowest BCUT2D eigenvalue weighted by molar-refractivity contribution is 0.311. The molecule has 9 heteroatoms. The van der Waals surface area contributed by atoms with E-state index < -0.39 is 10.1 Å². The molecule has 0 bridgehead atoms. The molecular formula is C20H25N3O5S. The van der Waals surface area contributed by atoms with Crippen LogP contribution >= 0.6 is 0 Å².